The standard InChI is InChI=1S/C22H20O2/c23-19-12-7-13-20-22(19)18(14-15-24-20)21(16-8-3-1-4-9-16)17-10-5-2-6-11-17/h1-6,8-11H,7,12-15H2. The second-order valence-corrected chi connectivity index (χ2v) is 6.26. The lowest BCUT2D eigenvalue weighted by Gasteiger charge is -2.29. The number of carbonyl (C=O) groups is 1. The molecule has 2 aromatic rings. The largest absolute Gasteiger partial charge is 0.497 e. The molecule has 0 amide bonds. The van der Waals surface area contributed by atoms with Crippen molar-refractivity contribution in [1.29, 1.82) is 0 Å². The number of hydrogen-bond donors (Lipinski definition) is 0. The molecule has 0 N–H and O–H groups in total. The van der Waals surface area contributed by atoms with E-state index < -0.39 is 0 Å². The van der Waals surface area contributed by atoms with Crippen molar-refractivity contribution in [3.63, 3.8) is 0 Å². The number of carbonyl (C=O) groups excluding carboxylic acids is 1. The van der Waals surface area contributed by atoms with Crippen molar-refractivity contribution in [2.75, 3.05) is 6.61 Å². The van der Waals surface area contributed by atoms with E-state index in [9.17, 15) is 4.79 Å². The number of Topliss-reactive ketones (excluding diaryl/α,β-unsaturated/α-hetero) is 1. The Morgan fingerprint density at radius 3 is 2.04 bits per heavy atom. The highest BCUT2D eigenvalue weighted by molar-refractivity contribution is 6.04. The van der Waals surface area contributed by atoms with Gasteiger partial charge in [-0.1, -0.05) is 60.7 Å². The zero-order chi connectivity index (χ0) is 16.4. The Bertz CT molecular complexity index is 768. The minimum atomic E-state index is 0.232. The van der Waals surface area contributed by atoms with Gasteiger partial charge in [-0.15, -0.1) is 0 Å². The predicted octanol–water partition coefficient (Wildman–Crippen LogP) is 4.92. The van der Waals surface area contributed by atoms with Gasteiger partial charge in [0.15, 0.2) is 5.78 Å². The third-order valence-corrected chi connectivity index (χ3v) is 4.72. The summed E-state index contributed by atoms with van der Waals surface area (Å²) < 4.78 is 5.83. The van der Waals surface area contributed by atoms with Crippen LogP contribution in [0, 0.1) is 0 Å². The number of ether oxygens (including phenoxy) is 1. The van der Waals surface area contributed by atoms with Gasteiger partial charge >= 0.3 is 0 Å². The number of allylic oxidation sites excluding steroid dienone is 2. The van der Waals surface area contributed by atoms with Crippen molar-refractivity contribution < 1.29 is 9.53 Å². The van der Waals surface area contributed by atoms with Gasteiger partial charge in [0.25, 0.3) is 0 Å². The molecule has 0 fully saturated rings. The van der Waals surface area contributed by atoms with Crippen LogP contribution in [-0.4, -0.2) is 12.4 Å². The van der Waals surface area contributed by atoms with Gasteiger partial charge < -0.3 is 4.74 Å². The monoisotopic (exact) mass is 316 g/mol. The highest BCUT2D eigenvalue weighted by Crippen LogP contribution is 2.39. The Hall–Kier alpha value is -2.61. The van der Waals surface area contributed by atoms with E-state index in [1.165, 1.54) is 5.57 Å². The molecule has 2 nitrogen and oxygen atoms in total. The van der Waals surface area contributed by atoms with Crippen molar-refractivity contribution >= 4 is 11.4 Å². The lowest BCUT2D eigenvalue weighted by Crippen LogP contribution is -2.21. The van der Waals surface area contributed by atoms with Crippen LogP contribution in [0.25, 0.3) is 5.57 Å². The van der Waals surface area contributed by atoms with Crippen LogP contribution < -0.4 is 0 Å². The molecule has 4 rings (SSSR count). The van der Waals surface area contributed by atoms with Gasteiger partial charge in [0.05, 0.1) is 12.2 Å². The fraction of sp³-hybridized carbons (Fsp3) is 0.227. The van der Waals surface area contributed by atoms with Crippen molar-refractivity contribution in [2.45, 2.75) is 25.7 Å². The first kappa shape index (κ1) is 14.9. The predicted molar refractivity (Wildman–Crippen MR) is 95.4 cm³/mol. The summed E-state index contributed by atoms with van der Waals surface area (Å²) in [5.41, 5.74) is 5.48. The summed E-state index contributed by atoms with van der Waals surface area (Å²) in [7, 11) is 0. The van der Waals surface area contributed by atoms with E-state index in [4.69, 9.17) is 4.74 Å². The van der Waals surface area contributed by atoms with Crippen LogP contribution in [0.3, 0.4) is 0 Å². The summed E-state index contributed by atoms with van der Waals surface area (Å²) in [6.45, 7) is 0.657. The average Bonchev–Trinajstić information content (AvgIpc) is 2.64. The lowest BCUT2D eigenvalue weighted by atomic mass is 9.81. The highest BCUT2D eigenvalue weighted by Gasteiger charge is 2.30. The summed E-state index contributed by atoms with van der Waals surface area (Å²) >= 11 is 0. The zero-order valence-corrected chi connectivity index (χ0v) is 13.6. The van der Waals surface area contributed by atoms with Crippen molar-refractivity contribution in [3.05, 3.63) is 88.7 Å². The van der Waals surface area contributed by atoms with E-state index in [0.717, 1.165) is 47.3 Å². The molecule has 2 aromatic carbocycles. The molecule has 0 unspecified atom stereocenters. The normalized spacial score (nSPS) is 17.3. The second-order valence-electron chi connectivity index (χ2n) is 6.26. The van der Waals surface area contributed by atoms with E-state index in [1.54, 1.807) is 0 Å². The summed E-state index contributed by atoms with van der Waals surface area (Å²) in [5, 5.41) is 0. The van der Waals surface area contributed by atoms with Crippen LogP contribution >= 0.6 is 0 Å². The molecule has 1 aliphatic carbocycles. The summed E-state index contributed by atoms with van der Waals surface area (Å²) in [4.78, 5) is 12.6. The summed E-state index contributed by atoms with van der Waals surface area (Å²) in [6.07, 6.45) is 3.19. The number of rotatable bonds is 2. The van der Waals surface area contributed by atoms with Gasteiger partial charge in [-0.05, 0) is 28.7 Å². The Balaban J connectivity index is 1.98. The molecule has 1 heterocycles. The van der Waals surface area contributed by atoms with Crippen LogP contribution in [0.1, 0.15) is 36.8 Å². The molecule has 2 aliphatic rings. The Kier molecular flexibility index (Phi) is 4.04. The fourth-order valence-electron chi connectivity index (χ4n) is 3.67. The van der Waals surface area contributed by atoms with Crippen LogP contribution in [-0.2, 0) is 9.53 Å². The van der Waals surface area contributed by atoms with Gasteiger partial charge in [0.2, 0.25) is 0 Å². The smallest absolute Gasteiger partial charge is 0.166 e. The maximum absolute atomic E-state index is 12.6. The van der Waals surface area contributed by atoms with Crippen LogP contribution in [0.2, 0.25) is 0 Å². The Morgan fingerprint density at radius 2 is 1.42 bits per heavy atom. The topological polar surface area (TPSA) is 26.3 Å². The fourth-order valence-corrected chi connectivity index (χ4v) is 3.67. The van der Waals surface area contributed by atoms with Crippen molar-refractivity contribution in [2.24, 2.45) is 0 Å². The van der Waals surface area contributed by atoms with Gasteiger partial charge in [-0.2, -0.15) is 0 Å². The molecule has 0 spiro atoms. The number of ketones is 1. The molecule has 0 atom stereocenters. The van der Waals surface area contributed by atoms with Crippen LogP contribution in [0.5, 0.6) is 0 Å². The molecular weight excluding hydrogens is 296 g/mol. The minimum Gasteiger partial charge on any atom is -0.497 e. The highest BCUT2D eigenvalue weighted by atomic mass is 16.5. The molecule has 120 valence electrons. The average molecular weight is 316 g/mol. The lowest BCUT2D eigenvalue weighted by molar-refractivity contribution is -0.116. The number of hydrogen-bond acceptors (Lipinski definition) is 2. The van der Waals surface area contributed by atoms with Gasteiger partial charge in [0.1, 0.15) is 5.76 Å². The van der Waals surface area contributed by atoms with Crippen molar-refractivity contribution in [3.8, 4) is 0 Å². The van der Waals surface area contributed by atoms with E-state index in [1.807, 2.05) is 12.1 Å². The van der Waals surface area contributed by atoms with Crippen LogP contribution in [0.15, 0.2) is 77.6 Å². The van der Waals surface area contributed by atoms with Crippen LogP contribution in [0.4, 0.5) is 0 Å². The van der Waals surface area contributed by atoms with Crippen molar-refractivity contribution in [1.82, 2.24) is 0 Å². The van der Waals surface area contributed by atoms with E-state index in [-0.39, 0.29) is 5.78 Å². The zero-order valence-electron chi connectivity index (χ0n) is 13.6. The molecule has 2 heteroatoms. The SMILES string of the molecule is O=C1CCCC2=C1C(=C(c1ccccc1)c1ccccc1)CCO2. The molecule has 0 aromatic heterocycles. The second kappa shape index (κ2) is 6.48. The molecule has 0 saturated carbocycles. The third-order valence-electron chi connectivity index (χ3n) is 4.72. The maximum atomic E-state index is 12.6. The third kappa shape index (κ3) is 2.69. The molecule has 24 heavy (non-hydrogen) atoms. The minimum absolute atomic E-state index is 0.232. The molecule has 0 saturated heterocycles. The first-order valence-electron chi connectivity index (χ1n) is 8.58. The summed E-state index contributed by atoms with van der Waals surface area (Å²) in [5.74, 6) is 1.13. The molecule has 1 aliphatic heterocycles. The maximum Gasteiger partial charge on any atom is 0.166 e. The van der Waals surface area contributed by atoms with Gasteiger partial charge in [0, 0.05) is 19.3 Å². The summed E-state index contributed by atoms with van der Waals surface area (Å²) in [6, 6.07) is 20.8. The Morgan fingerprint density at radius 1 is 0.792 bits per heavy atom. The number of benzene rings is 2. The first-order valence-corrected chi connectivity index (χ1v) is 8.58. The first-order chi connectivity index (χ1) is 11.8. The molecule has 0 radical (unpaired) electrons. The molecular formula is C22H20O2. The van der Waals surface area contributed by atoms with Gasteiger partial charge in [-0.25, -0.2) is 0 Å². The quantitative estimate of drug-likeness (QED) is 0.786. The van der Waals surface area contributed by atoms with E-state index in [2.05, 4.69) is 48.5 Å². The Labute approximate surface area is 142 Å². The van der Waals surface area contributed by atoms with Gasteiger partial charge in [-0.3, -0.25) is 4.79 Å². The van der Waals surface area contributed by atoms with E-state index in [0.29, 0.717) is 13.0 Å². The molecule has 0 bridgehead atoms. The van der Waals surface area contributed by atoms with E-state index >= 15 is 0 Å².